The Labute approximate surface area is 120 Å². The Morgan fingerprint density at radius 3 is 2.76 bits per heavy atom. The van der Waals surface area contributed by atoms with Crippen molar-refractivity contribution in [1.82, 2.24) is 19.9 Å². The first-order valence-corrected chi connectivity index (χ1v) is 6.71. The molecule has 6 nitrogen and oxygen atoms in total. The van der Waals surface area contributed by atoms with E-state index >= 15 is 0 Å². The maximum atomic E-state index is 13.4. The maximum Gasteiger partial charge on any atom is 0.254 e. The molecule has 0 saturated carbocycles. The van der Waals surface area contributed by atoms with Crippen molar-refractivity contribution in [3.05, 3.63) is 42.2 Å². The van der Waals surface area contributed by atoms with Gasteiger partial charge < -0.3 is 10.0 Å². The van der Waals surface area contributed by atoms with Crippen LogP contribution in [0.15, 0.2) is 36.7 Å². The summed E-state index contributed by atoms with van der Waals surface area (Å²) < 4.78 is 15.0. The summed E-state index contributed by atoms with van der Waals surface area (Å²) in [6.07, 6.45) is 2.39. The first kappa shape index (κ1) is 13.7. The smallest absolute Gasteiger partial charge is 0.254 e. The van der Waals surface area contributed by atoms with Crippen molar-refractivity contribution in [3.63, 3.8) is 0 Å². The molecule has 1 aromatic heterocycles. The molecule has 1 aliphatic rings. The maximum absolute atomic E-state index is 13.4. The van der Waals surface area contributed by atoms with E-state index in [1.54, 1.807) is 41.3 Å². The molecule has 110 valence electrons. The molecule has 1 saturated heterocycles. The van der Waals surface area contributed by atoms with Gasteiger partial charge in [0.25, 0.3) is 5.91 Å². The molecule has 0 unspecified atom stereocenters. The van der Waals surface area contributed by atoms with Crippen LogP contribution in [-0.2, 0) is 0 Å². The number of amides is 1. The number of aromatic nitrogens is 3. The van der Waals surface area contributed by atoms with Gasteiger partial charge in [-0.1, -0.05) is 5.21 Å². The molecule has 21 heavy (non-hydrogen) atoms. The van der Waals surface area contributed by atoms with Gasteiger partial charge >= 0.3 is 0 Å². The molecule has 3 rings (SSSR count). The number of carbonyl (C=O) groups excluding carboxylic acids is 1. The van der Waals surface area contributed by atoms with Gasteiger partial charge in [-0.2, -0.15) is 0 Å². The normalized spacial score (nSPS) is 21.7. The number of aliphatic hydroxyl groups is 1. The highest BCUT2D eigenvalue weighted by Crippen LogP contribution is 2.22. The molecule has 2 atom stereocenters. The summed E-state index contributed by atoms with van der Waals surface area (Å²) in [6.45, 7) is -0.182. The molecule has 0 spiro atoms. The Balaban J connectivity index is 1.79. The SMILES string of the molecule is O=C(c1ccc(-n2ccnn2)cc1)N1C[C@@H](F)C[C@H]1CO. The Morgan fingerprint density at radius 1 is 1.38 bits per heavy atom. The fraction of sp³-hybridized carbons (Fsp3) is 0.357. The topological polar surface area (TPSA) is 71.2 Å². The van der Waals surface area contributed by atoms with Crippen molar-refractivity contribution in [2.45, 2.75) is 18.6 Å². The van der Waals surface area contributed by atoms with Gasteiger partial charge in [0.15, 0.2) is 0 Å². The molecule has 1 N–H and O–H groups in total. The standard InChI is InChI=1S/C14H15FN4O2/c15-11-7-13(9-20)18(8-11)14(21)10-1-3-12(4-2-10)19-6-5-16-17-19/h1-6,11,13,20H,7-9H2/t11-,13-/m0/s1. The minimum Gasteiger partial charge on any atom is -0.394 e. The van der Waals surface area contributed by atoms with Gasteiger partial charge in [-0.05, 0) is 24.3 Å². The molecule has 1 aromatic carbocycles. The van der Waals surface area contributed by atoms with E-state index in [0.29, 0.717) is 5.56 Å². The third kappa shape index (κ3) is 2.64. The summed E-state index contributed by atoms with van der Waals surface area (Å²) in [6, 6.07) is 6.39. The van der Waals surface area contributed by atoms with E-state index in [4.69, 9.17) is 0 Å². The number of halogens is 1. The Morgan fingerprint density at radius 2 is 2.14 bits per heavy atom. The zero-order valence-corrected chi connectivity index (χ0v) is 11.3. The molecular weight excluding hydrogens is 275 g/mol. The number of rotatable bonds is 3. The van der Waals surface area contributed by atoms with Crippen LogP contribution in [0.1, 0.15) is 16.8 Å². The van der Waals surface area contributed by atoms with Gasteiger partial charge in [-0.3, -0.25) is 4.79 Å². The van der Waals surface area contributed by atoms with Crippen LogP contribution in [0.5, 0.6) is 0 Å². The lowest BCUT2D eigenvalue weighted by Crippen LogP contribution is -2.37. The average molecular weight is 290 g/mol. The van der Waals surface area contributed by atoms with Crippen LogP contribution < -0.4 is 0 Å². The molecule has 2 heterocycles. The Bertz CT molecular complexity index is 614. The van der Waals surface area contributed by atoms with Crippen LogP contribution in [0.2, 0.25) is 0 Å². The predicted octanol–water partition coefficient (Wildman–Crippen LogP) is 0.812. The molecule has 0 bridgehead atoms. The summed E-state index contributed by atoms with van der Waals surface area (Å²) in [7, 11) is 0. The van der Waals surface area contributed by atoms with Crippen LogP contribution in [0.3, 0.4) is 0 Å². The predicted molar refractivity (Wildman–Crippen MR) is 72.8 cm³/mol. The first-order chi connectivity index (χ1) is 10.2. The summed E-state index contributed by atoms with van der Waals surface area (Å²) in [4.78, 5) is 13.8. The van der Waals surface area contributed by atoms with Crippen LogP contribution in [0.4, 0.5) is 4.39 Å². The van der Waals surface area contributed by atoms with Crippen molar-refractivity contribution in [2.24, 2.45) is 0 Å². The molecule has 0 radical (unpaired) electrons. The van der Waals surface area contributed by atoms with Crippen molar-refractivity contribution in [3.8, 4) is 5.69 Å². The van der Waals surface area contributed by atoms with E-state index in [9.17, 15) is 14.3 Å². The summed E-state index contributed by atoms with van der Waals surface area (Å²) in [5.74, 6) is -0.264. The number of carbonyl (C=O) groups is 1. The van der Waals surface area contributed by atoms with Gasteiger partial charge in [0.1, 0.15) is 6.17 Å². The fourth-order valence-electron chi connectivity index (χ4n) is 2.55. The highest BCUT2D eigenvalue weighted by atomic mass is 19.1. The second-order valence-corrected chi connectivity index (χ2v) is 5.02. The number of likely N-dealkylation sites (tertiary alicyclic amines) is 1. The van der Waals surface area contributed by atoms with Crippen molar-refractivity contribution >= 4 is 5.91 Å². The van der Waals surface area contributed by atoms with E-state index < -0.39 is 12.2 Å². The molecule has 1 aliphatic heterocycles. The Kier molecular flexibility index (Phi) is 3.66. The molecule has 2 aromatic rings. The van der Waals surface area contributed by atoms with E-state index in [-0.39, 0.29) is 25.5 Å². The van der Waals surface area contributed by atoms with Crippen molar-refractivity contribution in [2.75, 3.05) is 13.2 Å². The van der Waals surface area contributed by atoms with Crippen LogP contribution in [-0.4, -0.2) is 56.3 Å². The number of benzene rings is 1. The Hall–Kier alpha value is -2.28. The van der Waals surface area contributed by atoms with E-state index in [1.807, 2.05) is 0 Å². The molecule has 1 fully saturated rings. The number of hydrogen-bond donors (Lipinski definition) is 1. The number of alkyl halides is 1. The highest BCUT2D eigenvalue weighted by Gasteiger charge is 2.35. The molecule has 7 heteroatoms. The van der Waals surface area contributed by atoms with Gasteiger partial charge in [0.05, 0.1) is 37.3 Å². The summed E-state index contributed by atoms with van der Waals surface area (Å²) in [5, 5.41) is 16.8. The zero-order valence-electron chi connectivity index (χ0n) is 11.3. The van der Waals surface area contributed by atoms with Crippen LogP contribution in [0.25, 0.3) is 5.69 Å². The molecular formula is C14H15FN4O2. The lowest BCUT2D eigenvalue weighted by atomic mass is 10.1. The van der Waals surface area contributed by atoms with Gasteiger partial charge in [0.2, 0.25) is 0 Å². The number of aliphatic hydroxyl groups excluding tert-OH is 1. The monoisotopic (exact) mass is 290 g/mol. The second-order valence-electron chi connectivity index (χ2n) is 5.02. The lowest BCUT2D eigenvalue weighted by Gasteiger charge is -2.22. The lowest BCUT2D eigenvalue weighted by molar-refractivity contribution is 0.0673. The highest BCUT2D eigenvalue weighted by molar-refractivity contribution is 5.94. The van der Waals surface area contributed by atoms with Crippen molar-refractivity contribution in [1.29, 1.82) is 0 Å². The molecule has 0 aliphatic carbocycles. The number of hydrogen-bond acceptors (Lipinski definition) is 4. The van der Waals surface area contributed by atoms with E-state index in [2.05, 4.69) is 10.3 Å². The van der Waals surface area contributed by atoms with Gasteiger partial charge in [-0.25, -0.2) is 9.07 Å². The third-order valence-corrected chi connectivity index (χ3v) is 3.64. The second kappa shape index (κ2) is 5.61. The van der Waals surface area contributed by atoms with E-state index in [0.717, 1.165) is 5.69 Å². The first-order valence-electron chi connectivity index (χ1n) is 6.71. The third-order valence-electron chi connectivity index (χ3n) is 3.64. The fourth-order valence-corrected chi connectivity index (χ4v) is 2.55. The molecule has 1 amide bonds. The van der Waals surface area contributed by atoms with E-state index in [1.165, 1.54) is 4.90 Å². The van der Waals surface area contributed by atoms with Crippen molar-refractivity contribution < 1.29 is 14.3 Å². The minimum atomic E-state index is -1.07. The zero-order chi connectivity index (χ0) is 14.8. The number of nitrogens with zero attached hydrogens (tertiary/aromatic N) is 4. The van der Waals surface area contributed by atoms with Gasteiger partial charge in [0, 0.05) is 12.0 Å². The average Bonchev–Trinajstić information content (AvgIpc) is 3.16. The van der Waals surface area contributed by atoms with Crippen LogP contribution >= 0.6 is 0 Å². The largest absolute Gasteiger partial charge is 0.394 e. The van der Waals surface area contributed by atoms with Gasteiger partial charge in [-0.15, -0.1) is 5.10 Å². The van der Waals surface area contributed by atoms with Crippen LogP contribution in [0, 0.1) is 0 Å². The quantitative estimate of drug-likeness (QED) is 0.908. The minimum absolute atomic E-state index is 0.0366. The summed E-state index contributed by atoms with van der Waals surface area (Å²) in [5.41, 5.74) is 1.25. The summed E-state index contributed by atoms with van der Waals surface area (Å²) >= 11 is 0.